The molecule has 0 amide bonds. The molecule has 0 heterocycles. The van der Waals surface area contributed by atoms with Crippen molar-refractivity contribution in [1.82, 2.24) is 0 Å². The molecule has 0 saturated carbocycles. The lowest BCUT2D eigenvalue weighted by atomic mass is 10.0. The molecule has 0 radical (unpaired) electrons. The zero-order valence-corrected chi connectivity index (χ0v) is 64.8. The molecule has 0 aromatic rings. The number of aliphatic hydroxyl groups is 1. The van der Waals surface area contributed by atoms with Gasteiger partial charge in [-0.15, -0.1) is 0 Å². The van der Waals surface area contributed by atoms with E-state index >= 15 is 0 Å². The van der Waals surface area contributed by atoms with Gasteiger partial charge in [-0.05, 0) is 141 Å². The van der Waals surface area contributed by atoms with Gasteiger partial charge in [0, 0.05) is 25.7 Å². The van der Waals surface area contributed by atoms with Gasteiger partial charge in [-0.1, -0.05) is 275 Å². The monoisotopic (exact) mass is 1460 g/mol. The van der Waals surface area contributed by atoms with Gasteiger partial charge in [0.25, 0.3) is 0 Å². The Morgan fingerprint density at radius 1 is 0.284 bits per heavy atom. The lowest BCUT2D eigenvalue weighted by Crippen LogP contribution is -2.30. The van der Waals surface area contributed by atoms with Gasteiger partial charge in [-0.3, -0.25) is 37.3 Å². The molecule has 0 aliphatic carbocycles. The molecule has 578 valence electrons. The molecule has 0 aromatic heterocycles. The van der Waals surface area contributed by atoms with Gasteiger partial charge in [-0.25, -0.2) is 9.13 Å². The van der Waals surface area contributed by atoms with Crippen LogP contribution >= 0.6 is 15.6 Å². The van der Waals surface area contributed by atoms with E-state index in [1.807, 2.05) is 24.3 Å². The highest BCUT2D eigenvalue weighted by molar-refractivity contribution is 7.47. The first-order valence-corrected chi connectivity index (χ1v) is 41.4. The summed E-state index contributed by atoms with van der Waals surface area (Å²) in [5, 5.41) is 10.6. The number of allylic oxidation sites excluding steroid dienone is 28. The number of carbonyl (C=O) groups is 4. The third kappa shape index (κ3) is 72.8. The van der Waals surface area contributed by atoms with Crippen LogP contribution in [-0.4, -0.2) is 96.7 Å². The summed E-state index contributed by atoms with van der Waals surface area (Å²) in [4.78, 5) is 72.9. The zero-order chi connectivity index (χ0) is 74.6. The molecule has 0 rings (SSSR count). The van der Waals surface area contributed by atoms with E-state index < -0.39 is 97.5 Å². The van der Waals surface area contributed by atoms with E-state index in [4.69, 9.17) is 37.0 Å². The van der Waals surface area contributed by atoms with Crippen LogP contribution in [0.15, 0.2) is 170 Å². The van der Waals surface area contributed by atoms with E-state index in [-0.39, 0.29) is 25.7 Å². The highest BCUT2D eigenvalue weighted by Gasteiger charge is 2.30. The molecule has 3 N–H and O–H groups in total. The lowest BCUT2D eigenvalue weighted by molar-refractivity contribution is -0.161. The standard InChI is InChI=1S/C83H134O17P2/c1-5-9-13-17-21-25-29-33-36-38-41-45-48-52-56-60-64-68-81(86)94-74-79(100-83(88)70-66-62-58-54-50-46-42-39-37-34-30-26-22-18-14-10-6-2)76-98-102(91,92)96-72-77(84)71-95-101(89,90)97-75-78(99-82(87)69-65-61-57-53-49-43-32-28-24-20-16-12-8-4)73-93-80(85)67-63-59-55-51-47-44-40-35-31-27-23-19-15-11-7-3/h9-11,13-15,21-23,25-27,33-37,40-42,45-47,51-52,54,56,58,77-79,84H,5-8,12,16-20,24,28-32,38-39,43-44,48-50,53,55,57,59-76H2,1-4H3,(H,89,90)(H,91,92)/b13-9-,14-10-,15-11-,25-21-,26-22-,27-23-,36-33-,37-34-,40-35-,45-41-,46-42-,51-47-,56-52-,58-54-. The maximum Gasteiger partial charge on any atom is 0.472 e. The smallest absolute Gasteiger partial charge is 0.462 e. The fraction of sp³-hybridized carbons (Fsp3) is 0.614. The molecule has 0 fully saturated rings. The minimum atomic E-state index is -5.01. The summed E-state index contributed by atoms with van der Waals surface area (Å²) in [5.41, 5.74) is 0. The van der Waals surface area contributed by atoms with Gasteiger partial charge >= 0.3 is 39.5 Å². The molecule has 0 saturated heterocycles. The predicted molar refractivity (Wildman–Crippen MR) is 417 cm³/mol. The number of rotatable bonds is 70. The van der Waals surface area contributed by atoms with Gasteiger partial charge in [0.15, 0.2) is 12.2 Å². The Kier molecular flexibility index (Phi) is 69.7. The van der Waals surface area contributed by atoms with Crippen molar-refractivity contribution in [3.63, 3.8) is 0 Å². The first-order valence-electron chi connectivity index (χ1n) is 38.4. The van der Waals surface area contributed by atoms with Gasteiger partial charge in [0.1, 0.15) is 19.3 Å². The molecular formula is C83H134O17P2. The normalized spacial score (nSPS) is 14.9. The number of phosphoric ester groups is 2. The second-order valence-electron chi connectivity index (χ2n) is 24.8. The van der Waals surface area contributed by atoms with E-state index in [0.717, 1.165) is 128 Å². The SMILES string of the molecule is CC/C=C\C/C=C\C/C=C\C/C=C\C/C=C\CCCC(=O)OCC(COP(=O)(O)OCC(O)COP(=O)(O)OCC(COC(=O)CCCC/C=C\C/C=C\C/C=C\C/C=C\CC)OC(=O)CCCCCCCCCCCCCCC)OC(=O)CCC/C=C\C/C=C\C/C=C\C/C=C\C/C=C\CC. The van der Waals surface area contributed by atoms with Crippen LogP contribution in [0.4, 0.5) is 0 Å². The van der Waals surface area contributed by atoms with Crippen LogP contribution in [0.2, 0.25) is 0 Å². The Morgan fingerprint density at radius 2 is 0.520 bits per heavy atom. The van der Waals surface area contributed by atoms with Crippen molar-refractivity contribution >= 4 is 39.5 Å². The molecule has 0 bridgehead atoms. The number of unbranched alkanes of at least 4 members (excludes halogenated alkanes) is 16. The third-order valence-corrected chi connectivity index (χ3v) is 17.1. The van der Waals surface area contributed by atoms with Crippen LogP contribution in [0, 0.1) is 0 Å². The maximum absolute atomic E-state index is 13.1. The largest absolute Gasteiger partial charge is 0.472 e. The van der Waals surface area contributed by atoms with Gasteiger partial charge in [0.05, 0.1) is 26.4 Å². The second kappa shape index (κ2) is 73.7. The van der Waals surface area contributed by atoms with Crippen LogP contribution in [0.25, 0.3) is 0 Å². The minimum Gasteiger partial charge on any atom is -0.462 e. The molecule has 0 spiro atoms. The summed E-state index contributed by atoms with van der Waals surface area (Å²) in [5.74, 6) is -2.37. The van der Waals surface area contributed by atoms with Crippen LogP contribution in [-0.2, 0) is 65.4 Å². The van der Waals surface area contributed by atoms with Crippen molar-refractivity contribution in [2.75, 3.05) is 39.6 Å². The molecule has 19 heteroatoms. The summed E-state index contributed by atoms with van der Waals surface area (Å²) < 4.78 is 68.3. The third-order valence-electron chi connectivity index (χ3n) is 15.2. The second-order valence-corrected chi connectivity index (χ2v) is 27.7. The van der Waals surface area contributed by atoms with Crippen LogP contribution < -0.4 is 0 Å². The summed E-state index contributed by atoms with van der Waals surface area (Å²) >= 11 is 0. The predicted octanol–water partition coefficient (Wildman–Crippen LogP) is 22.2. The van der Waals surface area contributed by atoms with Crippen LogP contribution in [0.1, 0.15) is 272 Å². The molecule has 0 aliphatic rings. The summed E-state index contributed by atoms with van der Waals surface area (Å²) in [6.45, 7) is 4.33. The molecule has 0 aliphatic heterocycles. The van der Waals surface area contributed by atoms with Crippen molar-refractivity contribution in [1.29, 1.82) is 0 Å². The summed E-state index contributed by atoms with van der Waals surface area (Å²) in [6, 6.07) is 0. The Bertz CT molecular complexity index is 2600. The molecular weight excluding hydrogens is 1330 g/mol. The van der Waals surface area contributed by atoms with E-state index in [0.29, 0.717) is 38.5 Å². The highest BCUT2D eigenvalue weighted by atomic mass is 31.2. The lowest BCUT2D eigenvalue weighted by Gasteiger charge is -2.21. The Morgan fingerprint density at radius 3 is 0.833 bits per heavy atom. The average molecular weight is 1470 g/mol. The van der Waals surface area contributed by atoms with Crippen LogP contribution in [0.3, 0.4) is 0 Å². The topological polar surface area (TPSA) is 237 Å². The van der Waals surface area contributed by atoms with Crippen molar-refractivity contribution in [3.8, 4) is 0 Å². The van der Waals surface area contributed by atoms with Crippen molar-refractivity contribution in [3.05, 3.63) is 170 Å². The van der Waals surface area contributed by atoms with Crippen LogP contribution in [0.5, 0.6) is 0 Å². The van der Waals surface area contributed by atoms with E-state index in [2.05, 4.69) is 174 Å². The Hall–Kier alpha value is -5.58. The van der Waals surface area contributed by atoms with E-state index in [1.54, 1.807) is 0 Å². The van der Waals surface area contributed by atoms with Crippen molar-refractivity contribution in [2.24, 2.45) is 0 Å². The Balaban J connectivity index is 5.51. The van der Waals surface area contributed by atoms with E-state index in [9.17, 15) is 43.2 Å². The first-order chi connectivity index (χ1) is 49.7. The molecule has 102 heavy (non-hydrogen) atoms. The fourth-order valence-corrected chi connectivity index (χ4v) is 11.0. The van der Waals surface area contributed by atoms with Gasteiger partial charge in [0.2, 0.25) is 0 Å². The number of phosphoric acid groups is 2. The van der Waals surface area contributed by atoms with Crippen molar-refractivity contribution in [2.45, 2.75) is 290 Å². The zero-order valence-electron chi connectivity index (χ0n) is 63.0. The average Bonchev–Trinajstić information content (AvgIpc) is 0.959. The number of aliphatic hydroxyl groups excluding tert-OH is 1. The summed E-state index contributed by atoms with van der Waals surface area (Å²) in [6.07, 6.45) is 86.5. The molecule has 0 aromatic carbocycles. The van der Waals surface area contributed by atoms with Gasteiger partial charge in [-0.2, -0.15) is 0 Å². The highest BCUT2D eigenvalue weighted by Crippen LogP contribution is 2.45. The quantitative estimate of drug-likeness (QED) is 0.0169. The van der Waals surface area contributed by atoms with E-state index in [1.165, 1.54) is 51.4 Å². The Labute approximate surface area is 616 Å². The number of hydrogen-bond acceptors (Lipinski definition) is 15. The fourth-order valence-electron chi connectivity index (χ4n) is 9.46. The first kappa shape index (κ1) is 96.4. The summed E-state index contributed by atoms with van der Waals surface area (Å²) in [7, 11) is -10.0. The number of hydrogen-bond donors (Lipinski definition) is 3. The molecule has 5 atom stereocenters. The number of carbonyl (C=O) groups excluding carboxylic acids is 4. The number of ether oxygens (including phenoxy) is 4. The number of esters is 4. The minimum absolute atomic E-state index is 0.00266. The van der Waals surface area contributed by atoms with Gasteiger partial charge < -0.3 is 33.8 Å². The maximum atomic E-state index is 13.1. The molecule has 5 unspecified atom stereocenters. The van der Waals surface area contributed by atoms with Crippen molar-refractivity contribution < 1.29 is 80.2 Å². The molecule has 17 nitrogen and oxygen atoms in total.